The highest BCUT2D eigenvalue weighted by molar-refractivity contribution is 6.55. The van der Waals surface area contributed by atoms with Crippen molar-refractivity contribution in [2.75, 3.05) is 19.7 Å². The number of nitrogens with zero attached hydrogens (tertiary/aromatic N) is 1. The van der Waals surface area contributed by atoms with Crippen LogP contribution in [-0.4, -0.2) is 96.1 Å². The van der Waals surface area contributed by atoms with Gasteiger partial charge < -0.3 is 50.5 Å². The van der Waals surface area contributed by atoms with Crippen molar-refractivity contribution in [2.24, 2.45) is 11.6 Å². The topological polar surface area (TPSA) is 225 Å². The molecule has 1 aliphatic rings. The fourth-order valence-electron chi connectivity index (χ4n) is 5.89. The van der Waals surface area contributed by atoms with Crippen LogP contribution in [0.15, 0.2) is 53.4 Å². The van der Waals surface area contributed by atoms with E-state index in [1.807, 2.05) is 27.7 Å². The molecule has 1 aromatic rings. The van der Waals surface area contributed by atoms with Crippen LogP contribution in [0.4, 0.5) is 4.79 Å². The lowest BCUT2D eigenvalue weighted by Crippen LogP contribution is -2.48. The number of carboxylic acids is 1. The van der Waals surface area contributed by atoms with Crippen LogP contribution in [0.3, 0.4) is 0 Å². The Labute approximate surface area is 332 Å². The fourth-order valence-corrected chi connectivity index (χ4v) is 5.89. The maximum atomic E-state index is 13.4. The van der Waals surface area contributed by atoms with Gasteiger partial charge in [-0.3, -0.25) is 14.4 Å². The molecule has 0 aliphatic carbocycles. The van der Waals surface area contributed by atoms with Crippen LogP contribution < -0.4 is 26.9 Å². The van der Waals surface area contributed by atoms with E-state index in [0.717, 1.165) is 25.7 Å². The van der Waals surface area contributed by atoms with Gasteiger partial charge in [0.2, 0.25) is 25.9 Å². The first-order valence-corrected chi connectivity index (χ1v) is 19.2. The van der Waals surface area contributed by atoms with Crippen LogP contribution in [0.25, 0.3) is 0 Å². The molecule has 0 spiro atoms. The van der Waals surface area contributed by atoms with E-state index < -0.39 is 53.3 Å². The summed E-state index contributed by atoms with van der Waals surface area (Å²) in [7, 11) is 1.25. The molecule has 312 valence electrons. The zero-order valence-electron chi connectivity index (χ0n) is 34.4. The van der Waals surface area contributed by atoms with Crippen molar-refractivity contribution >= 4 is 31.5 Å². The van der Waals surface area contributed by atoms with Gasteiger partial charge in [-0.05, 0) is 98.3 Å². The number of carboxylic acid groups (broad SMARTS) is 1. The summed E-state index contributed by atoms with van der Waals surface area (Å²) in [6.45, 7) is 14.4. The van der Waals surface area contributed by atoms with E-state index in [4.69, 9.17) is 30.5 Å². The fraction of sp³-hybridized carbons (Fsp3) is 0.600. The van der Waals surface area contributed by atoms with Crippen LogP contribution in [0.2, 0.25) is 0 Å². The smallest absolute Gasteiger partial charge is 0.333 e. The molecule has 0 aromatic heterocycles. The summed E-state index contributed by atoms with van der Waals surface area (Å²) in [5, 5.41) is 26.6. The van der Waals surface area contributed by atoms with Gasteiger partial charge in [0.05, 0.1) is 23.8 Å². The number of hydrazine groups is 1. The molecule has 0 saturated carbocycles. The highest BCUT2D eigenvalue weighted by atomic mass is 16.7. The van der Waals surface area contributed by atoms with Crippen molar-refractivity contribution in [3.8, 4) is 5.75 Å². The lowest BCUT2D eigenvalue weighted by atomic mass is 10.00. The molecule has 0 bridgehead atoms. The van der Waals surface area contributed by atoms with Crippen molar-refractivity contribution in [1.29, 1.82) is 0 Å². The Kier molecular flexibility index (Phi) is 19.6. The molecular formula is C40H64BN5O10. The summed E-state index contributed by atoms with van der Waals surface area (Å²) in [6, 6.07) is 4.45. The Hall–Kier alpha value is -4.38. The largest absolute Gasteiger partial charge is 0.479 e. The van der Waals surface area contributed by atoms with E-state index in [1.54, 1.807) is 17.3 Å². The number of amides is 2. The average Bonchev–Trinajstić information content (AvgIpc) is 3.08. The van der Waals surface area contributed by atoms with E-state index >= 15 is 0 Å². The number of ether oxygens (including phenoxy) is 4. The number of carbonyl (C=O) groups excluding carboxylic acids is 3. The zero-order chi connectivity index (χ0) is 42.1. The van der Waals surface area contributed by atoms with Crippen molar-refractivity contribution in [3.63, 3.8) is 0 Å². The van der Waals surface area contributed by atoms with E-state index in [1.165, 1.54) is 31.1 Å². The van der Waals surface area contributed by atoms with Gasteiger partial charge in [-0.15, -0.1) is 0 Å². The second-order valence-electron chi connectivity index (χ2n) is 15.7. The minimum absolute atomic E-state index is 0.00697. The van der Waals surface area contributed by atoms with E-state index in [9.17, 15) is 29.4 Å². The Morgan fingerprint density at radius 2 is 1.82 bits per heavy atom. The number of hydrogen-bond donors (Lipinski definition) is 6. The first-order chi connectivity index (χ1) is 26.2. The molecule has 1 saturated heterocycles. The third kappa shape index (κ3) is 19.0. The zero-order valence-corrected chi connectivity index (χ0v) is 34.4. The summed E-state index contributed by atoms with van der Waals surface area (Å²) in [5.41, 5.74) is 8.83. The molecule has 1 fully saturated rings. The van der Waals surface area contributed by atoms with Gasteiger partial charge in [0.15, 0.2) is 6.10 Å². The monoisotopic (exact) mass is 785 g/mol. The number of aliphatic carboxylic acids is 1. The first-order valence-electron chi connectivity index (χ1n) is 19.2. The predicted molar refractivity (Wildman–Crippen MR) is 216 cm³/mol. The van der Waals surface area contributed by atoms with Gasteiger partial charge in [0.1, 0.15) is 12.4 Å². The number of aliphatic hydroxyl groups excluding tert-OH is 1. The molecule has 2 amide bonds. The standard InChI is InChI=1S/C40H64BN5O10/c1-8-26(2)11-9-12-27(3)13-10-17-46(43)24-29(42)22-40(6,7)54-18-16-39(4,5)45-34(48)23-44-36(49)31-19-28(25-53-38(41)52)14-15-32(31)55-35-21-30(47)20-33(56-35)37(50)51/h8,12,14-15,19,24,30,33,35,47H,9-11,13,16-18,20-23,25,41-43H2,1-7H3,(H,44,49)(H,45,48)(H,50,51)/b26-8+,27-12+,29-24-. The van der Waals surface area contributed by atoms with E-state index in [2.05, 4.69) is 43.6 Å². The summed E-state index contributed by atoms with van der Waals surface area (Å²) in [5.74, 6) is 3.33. The van der Waals surface area contributed by atoms with Gasteiger partial charge in [-0.1, -0.05) is 29.4 Å². The Balaban J connectivity index is 1.89. The molecule has 1 aliphatic heterocycles. The summed E-state index contributed by atoms with van der Waals surface area (Å²) < 4.78 is 22.5. The molecule has 1 heterocycles. The van der Waals surface area contributed by atoms with Crippen molar-refractivity contribution in [1.82, 2.24) is 15.6 Å². The normalized spacial score (nSPS) is 18.2. The van der Waals surface area contributed by atoms with Gasteiger partial charge in [-0.25, -0.2) is 10.6 Å². The second kappa shape index (κ2) is 23.0. The van der Waals surface area contributed by atoms with E-state index in [-0.39, 0.29) is 37.3 Å². The van der Waals surface area contributed by atoms with Gasteiger partial charge in [0, 0.05) is 49.9 Å². The highest BCUT2D eigenvalue weighted by Crippen LogP contribution is 2.27. The molecular weight excluding hydrogens is 721 g/mol. The SMILES string of the molecule is BC(=O)OCc1ccc(OC2CC(O)CC(C(=O)O)O2)c(C(=O)NCC(=O)NC(C)(C)CCOC(C)(C)C/C(N)=C/N(N)CCC/C(C)=C/CC/C(C)=C/C)c1. The van der Waals surface area contributed by atoms with Crippen molar-refractivity contribution in [3.05, 3.63) is 64.5 Å². The summed E-state index contributed by atoms with van der Waals surface area (Å²) in [4.78, 5) is 49.2. The highest BCUT2D eigenvalue weighted by Gasteiger charge is 2.34. The van der Waals surface area contributed by atoms with Crippen LogP contribution in [0.5, 0.6) is 5.75 Å². The summed E-state index contributed by atoms with van der Waals surface area (Å²) in [6.07, 6.45) is 7.52. The molecule has 3 unspecified atom stereocenters. The molecule has 15 nitrogen and oxygen atoms in total. The van der Waals surface area contributed by atoms with Crippen LogP contribution in [0, 0.1) is 0 Å². The molecule has 56 heavy (non-hydrogen) atoms. The van der Waals surface area contributed by atoms with Crippen LogP contribution in [0.1, 0.15) is 116 Å². The third-order valence-corrected chi connectivity index (χ3v) is 9.11. The summed E-state index contributed by atoms with van der Waals surface area (Å²) >= 11 is 0. The average molecular weight is 786 g/mol. The number of carbonyl (C=O) groups is 4. The lowest BCUT2D eigenvalue weighted by Gasteiger charge is -2.31. The molecule has 1 aromatic carbocycles. The molecule has 0 radical (unpaired) electrons. The second-order valence-corrected chi connectivity index (χ2v) is 15.7. The number of allylic oxidation sites excluding steroid dienone is 4. The Morgan fingerprint density at radius 3 is 2.48 bits per heavy atom. The van der Waals surface area contributed by atoms with Crippen molar-refractivity contribution in [2.45, 2.75) is 136 Å². The first kappa shape index (κ1) is 47.8. The number of rotatable bonds is 23. The van der Waals surface area contributed by atoms with Crippen molar-refractivity contribution < 1.29 is 48.3 Å². The predicted octanol–water partition coefficient (Wildman–Crippen LogP) is 3.93. The molecule has 16 heteroatoms. The van der Waals surface area contributed by atoms with Gasteiger partial charge >= 0.3 is 5.97 Å². The van der Waals surface area contributed by atoms with Gasteiger partial charge in [-0.2, -0.15) is 0 Å². The van der Waals surface area contributed by atoms with Gasteiger partial charge in [0.25, 0.3) is 5.91 Å². The molecule has 8 N–H and O–H groups in total. The lowest BCUT2D eigenvalue weighted by molar-refractivity contribution is -0.195. The minimum atomic E-state index is -1.29. The number of nitrogens with one attached hydrogen (secondary N) is 2. The quantitative estimate of drug-likeness (QED) is 0.0401. The van der Waals surface area contributed by atoms with Crippen LogP contribution >= 0.6 is 0 Å². The Morgan fingerprint density at radius 1 is 1.11 bits per heavy atom. The number of hydrogen-bond acceptors (Lipinski definition) is 12. The maximum Gasteiger partial charge on any atom is 0.333 e. The maximum absolute atomic E-state index is 13.4. The third-order valence-electron chi connectivity index (χ3n) is 9.11. The van der Waals surface area contributed by atoms with E-state index in [0.29, 0.717) is 37.3 Å². The molecule has 2 rings (SSSR count). The minimum Gasteiger partial charge on any atom is -0.479 e. The Bertz CT molecular complexity index is 1580. The number of nitrogens with two attached hydrogens (primary N) is 2. The molecule has 3 atom stereocenters. The number of benzene rings is 1. The van der Waals surface area contributed by atoms with Crippen LogP contribution in [-0.2, 0) is 30.4 Å². The number of aliphatic hydroxyl groups is 1.